The Hall–Kier alpha value is -2.10. The zero-order chi connectivity index (χ0) is 17.4. The standard InChI is InChI=1S/C21H27N3O/c1-15-8-3-4-10-17(15)16-9-7-13-24(14-16)21(25)20-18-11-5-6-12-19(18)23(2)22-20/h3-4,8,10,16H,5-7,9,11-14H2,1-2H3. The van der Waals surface area contributed by atoms with Crippen molar-refractivity contribution in [2.75, 3.05) is 13.1 Å². The molecule has 4 rings (SSSR count). The largest absolute Gasteiger partial charge is 0.337 e. The molecular weight excluding hydrogens is 310 g/mol. The van der Waals surface area contributed by atoms with Crippen molar-refractivity contribution in [1.82, 2.24) is 14.7 Å². The third-order valence-electron chi connectivity index (χ3n) is 5.90. The summed E-state index contributed by atoms with van der Waals surface area (Å²) in [6.45, 7) is 3.84. The van der Waals surface area contributed by atoms with Gasteiger partial charge in [-0.25, -0.2) is 0 Å². The number of piperidine rings is 1. The second-order valence-electron chi connectivity index (χ2n) is 7.55. The SMILES string of the molecule is Cc1ccccc1C1CCCN(C(=O)c2nn(C)c3c2CCCC3)C1. The second-order valence-corrected chi connectivity index (χ2v) is 7.55. The van der Waals surface area contributed by atoms with Crippen molar-refractivity contribution in [1.29, 1.82) is 0 Å². The van der Waals surface area contributed by atoms with Crippen molar-refractivity contribution in [2.45, 2.75) is 51.4 Å². The summed E-state index contributed by atoms with van der Waals surface area (Å²) in [4.78, 5) is 15.2. The number of aromatic nitrogens is 2. The fraction of sp³-hybridized carbons (Fsp3) is 0.524. The molecule has 2 aromatic rings. The molecule has 0 spiro atoms. The van der Waals surface area contributed by atoms with Gasteiger partial charge in [-0.05, 0) is 56.6 Å². The maximum Gasteiger partial charge on any atom is 0.274 e. The molecule has 1 atom stereocenters. The van der Waals surface area contributed by atoms with Crippen LogP contribution in [0, 0.1) is 6.92 Å². The quantitative estimate of drug-likeness (QED) is 0.839. The average Bonchev–Trinajstić information content (AvgIpc) is 2.99. The van der Waals surface area contributed by atoms with Gasteiger partial charge in [0, 0.05) is 37.3 Å². The number of benzene rings is 1. The summed E-state index contributed by atoms with van der Waals surface area (Å²) < 4.78 is 1.94. The highest BCUT2D eigenvalue weighted by Crippen LogP contribution is 2.31. The van der Waals surface area contributed by atoms with Gasteiger partial charge in [-0.3, -0.25) is 9.48 Å². The Labute approximate surface area is 149 Å². The Morgan fingerprint density at radius 2 is 1.96 bits per heavy atom. The molecule has 0 saturated carbocycles. The van der Waals surface area contributed by atoms with Crippen LogP contribution in [-0.4, -0.2) is 33.7 Å². The van der Waals surface area contributed by atoms with E-state index in [1.807, 2.05) is 16.6 Å². The normalized spacial score (nSPS) is 20.4. The van der Waals surface area contributed by atoms with Crippen LogP contribution in [0.3, 0.4) is 0 Å². The van der Waals surface area contributed by atoms with Crippen LogP contribution in [0.4, 0.5) is 0 Å². The Morgan fingerprint density at radius 1 is 1.16 bits per heavy atom. The van der Waals surface area contributed by atoms with Crippen molar-refractivity contribution in [3.63, 3.8) is 0 Å². The molecule has 25 heavy (non-hydrogen) atoms. The highest BCUT2D eigenvalue weighted by atomic mass is 16.2. The molecule has 1 saturated heterocycles. The predicted molar refractivity (Wildman–Crippen MR) is 98.9 cm³/mol. The number of hydrogen-bond acceptors (Lipinski definition) is 2. The Bertz CT molecular complexity index is 792. The van der Waals surface area contributed by atoms with Gasteiger partial charge in [-0.1, -0.05) is 24.3 Å². The number of fused-ring (bicyclic) bond motifs is 1. The minimum absolute atomic E-state index is 0.136. The van der Waals surface area contributed by atoms with Gasteiger partial charge in [-0.15, -0.1) is 0 Å². The van der Waals surface area contributed by atoms with Crippen LogP contribution in [0.5, 0.6) is 0 Å². The lowest BCUT2D eigenvalue weighted by Gasteiger charge is -2.33. The van der Waals surface area contributed by atoms with Crippen LogP contribution in [0.1, 0.15) is 64.5 Å². The molecule has 0 radical (unpaired) electrons. The van der Waals surface area contributed by atoms with Gasteiger partial charge in [0.2, 0.25) is 0 Å². The second kappa shape index (κ2) is 6.66. The molecule has 1 unspecified atom stereocenters. The topological polar surface area (TPSA) is 38.1 Å². The summed E-state index contributed by atoms with van der Waals surface area (Å²) in [5.41, 5.74) is 5.90. The first-order valence-electron chi connectivity index (χ1n) is 9.54. The minimum atomic E-state index is 0.136. The molecule has 1 aromatic heterocycles. The molecule has 4 heteroatoms. The van der Waals surface area contributed by atoms with Crippen LogP contribution in [0.2, 0.25) is 0 Å². The summed E-state index contributed by atoms with van der Waals surface area (Å²) in [5, 5.41) is 4.61. The zero-order valence-electron chi connectivity index (χ0n) is 15.3. The molecule has 0 bridgehead atoms. The minimum Gasteiger partial charge on any atom is -0.337 e. The maximum atomic E-state index is 13.2. The highest BCUT2D eigenvalue weighted by Gasteiger charge is 2.31. The molecule has 1 amide bonds. The fourth-order valence-electron chi connectivity index (χ4n) is 4.55. The summed E-state index contributed by atoms with van der Waals surface area (Å²) in [5.74, 6) is 0.579. The van der Waals surface area contributed by atoms with Crippen molar-refractivity contribution < 1.29 is 4.79 Å². The number of nitrogens with zero attached hydrogens (tertiary/aromatic N) is 3. The lowest BCUT2D eigenvalue weighted by Crippen LogP contribution is -2.39. The molecule has 1 fully saturated rings. The maximum absolute atomic E-state index is 13.2. The highest BCUT2D eigenvalue weighted by molar-refractivity contribution is 5.94. The number of rotatable bonds is 2. The third kappa shape index (κ3) is 2.99. The first-order valence-corrected chi connectivity index (χ1v) is 9.54. The molecular formula is C21H27N3O. The van der Waals surface area contributed by atoms with E-state index in [2.05, 4.69) is 36.3 Å². The van der Waals surface area contributed by atoms with E-state index in [1.165, 1.54) is 35.2 Å². The smallest absolute Gasteiger partial charge is 0.274 e. The molecule has 0 N–H and O–H groups in total. The Balaban J connectivity index is 1.58. The van der Waals surface area contributed by atoms with Gasteiger partial charge < -0.3 is 4.90 Å². The number of likely N-dealkylation sites (tertiary alicyclic amines) is 1. The monoisotopic (exact) mass is 337 g/mol. The van der Waals surface area contributed by atoms with Gasteiger partial charge >= 0.3 is 0 Å². The van der Waals surface area contributed by atoms with E-state index in [4.69, 9.17) is 0 Å². The van der Waals surface area contributed by atoms with E-state index in [9.17, 15) is 4.79 Å². The van der Waals surface area contributed by atoms with Gasteiger partial charge in [-0.2, -0.15) is 5.10 Å². The lowest BCUT2D eigenvalue weighted by molar-refractivity contribution is 0.0699. The van der Waals surface area contributed by atoms with E-state index in [0.29, 0.717) is 11.6 Å². The summed E-state index contributed by atoms with van der Waals surface area (Å²) in [7, 11) is 1.98. The first-order chi connectivity index (χ1) is 12.1. The van der Waals surface area contributed by atoms with Crippen LogP contribution < -0.4 is 0 Å². The molecule has 2 aliphatic rings. The van der Waals surface area contributed by atoms with E-state index in [1.54, 1.807) is 0 Å². The molecule has 1 aliphatic heterocycles. The van der Waals surface area contributed by atoms with E-state index >= 15 is 0 Å². The van der Waals surface area contributed by atoms with Crippen LogP contribution in [0.15, 0.2) is 24.3 Å². The number of carbonyl (C=O) groups is 1. The van der Waals surface area contributed by atoms with E-state index in [0.717, 1.165) is 38.8 Å². The van der Waals surface area contributed by atoms with Gasteiger partial charge in [0.25, 0.3) is 5.91 Å². The predicted octanol–water partition coefficient (Wildman–Crippen LogP) is 3.63. The summed E-state index contributed by atoms with van der Waals surface area (Å²) in [6, 6.07) is 8.59. The van der Waals surface area contributed by atoms with Crippen molar-refractivity contribution in [3.8, 4) is 0 Å². The number of amides is 1. The molecule has 2 heterocycles. The number of carbonyl (C=O) groups excluding carboxylic acids is 1. The zero-order valence-corrected chi connectivity index (χ0v) is 15.3. The Kier molecular flexibility index (Phi) is 4.36. The number of hydrogen-bond donors (Lipinski definition) is 0. The first kappa shape index (κ1) is 16.4. The lowest BCUT2D eigenvalue weighted by atomic mass is 9.87. The van der Waals surface area contributed by atoms with E-state index in [-0.39, 0.29) is 5.91 Å². The van der Waals surface area contributed by atoms with Crippen molar-refractivity contribution in [3.05, 3.63) is 52.3 Å². The summed E-state index contributed by atoms with van der Waals surface area (Å²) in [6.07, 6.45) is 6.66. The van der Waals surface area contributed by atoms with Crippen molar-refractivity contribution >= 4 is 5.91 Å². The van der Waals surface area contributed by atoms with Crippen LogP contribution in [0.25, 0.3) is 0 Å². The average molecular weight is 337 g/mol. The molecule has 1 aliphatic carbocycles. The Morgan fingerprint density at radius 3 is 2.80 bits per heavy atom. The molecule has 1 aromatic carbocycles. The summed E-state index contributed by atoms with van der Waals surface area (Å²) >= 11 is 0. The molecule has 132 valence electrons. The number of aryl methyl sites for hydroxylation is 2. The van der Waals surface area contributed by atoms with E-state index < -0.39 is 0 Å². The van der Waals surface area contributed by atoms with Gasteiger partial charge in [0.15, 0.2) is 5.69 Å². The third-order valence-corrected chi connectivity index (χ3v) is 5.90. The van der Waals surface area contributed by atoms with Crippen LogP contribution in [-0.2, 0) is 19.9 Å². The van der Waals surface area contributed by atoms with Crippen molar-refractivity contribution in [2.24, 2.45) is 7.05 Å². The van der Waals surface area contributed by atoms with Crippen LogP contribution >= 0.6 is 0 Å². The fourth-order valence-corrected chi connectivity index (χ4v) is 4.55. The molecule has 4 nitrogen and oxygen atoms in total. The van der Waals surface area contributed by atoms with Gasteiger partial charge in [0.1, 0.15) is 0 Å². The van der Waals surface area contributed by atoms with Gasteiger partial charge in [0.05, 0.1) is 0 Å².